The van der Waals surface area contributed by atoms with E-state index in [9.17, 15) is 4.79 Å². The van der Waals surface area contributed by atoms with E-state index in [0.717, 1.165) is 18.1 Å². The minimum Gasteiger partial charge on any atom is -0.325 e. The van der Waals surface area contributed by atoms with Crippen LogP contribution in [0.1, 0.15) is 0 Å². The Labute approximate surface area is 103 Å². The Balaban J connectivity index is 1.96. The number of hydrogen-bond acceptors (Lipinski definition) is 4. The summed E-state index contributed by atoms with van der Waals surface area (Å²) in [5, 5.41) is 6.36. The summed E-state index contributed by atoms with van der Waals surface area (Å²) in [5.41, 5.74) is 0.683. The second-order valence-corrected chi connectivity index (χ2v) is 4.98. The topological polar surface area (TPSA) is 54.0 Å². The monoisotopic (exact) mass is 257 g/mol. The summed E-state index contributed by atoms with van der Waals surface area (Å²) in [6, 6.07) is 3.24. The zero-order chi connectivity index (χ0) is 11.4. The van der Waals surface area contributed by atoms with Gasteiger partial charge >= 0.3 is 0 Å². The third kappa shape index (κ3) is 3.10. The molecule has 1 aromatic heterocycles. The van der Waals surface area contributed by atoms with E-state index in [1.807, 2.05) is 0 Å². The molecule has 4 nitrogen and oxygen atoms in total. The fourth-order valence-electron chi connectivity index (χ4n) is 1.44. The van der Waals surface area contributed by atoms with E-state index >= 15 is 0 Å². The second-order valence-electron chi connectivity index (χ2n) is 3.44. The molecule has 2 heterocycles. The zero-order valence-electron chi connectivity index (χ0n) is 8.57. The summed E-state index contributed by atoms with van der Waals surface area (Å²) in [5.74, 6) is 1.85. The summed E-state index contributed by atoms with van der Waals surface area (Å²) < 4.78 is 0. The number of nitrogens with one attached hydrogen (secondary N) is 2. The maximum Gasteiger partial charge on any atom is 0.242 e. The molecule has 0 radical (unpaired) electrons. The number of halogens is 1. The number of hydrogen-bond donors (Lipinski definition) is 2. The Bertz CT molecular complexity index is 382. The molecule has 1 aromatic rings. The standard InChI is InChI=1S/C10H12ClN3OS/c11-9-5-7(1-2-13-9)14-10(15)8-6-16-4-3-12-8/h1-2,5,8,12H,3-4,6H2,(H,13,14,15). The molecular formula is C10H12ClN3OS. The van der Waals surface area contributed by atoms with Crippen LogP contribution in [0.2, 0.25) is 5.15 Å². The first-order chi connectivity index (χ1) is 7.75. The van der Waals surface area contributed by atoms with Crippen LogP contribution in [-0.4, -0.2) is 35.0 Å². The molecular weight excluding hydrogens is 246 g/mol. The van der Waals surface area contributed by atoms with Gasteiger partial charge in [-0.3, -0.25) is 4.79 Å². The van der Waals surface area contributed by atoms with Crippen molar-refractivity contribution in [1.82, 2.24) is 10.3 Å². The molecule has 1 aliphatic heterocycles. The van der Waals surface area contributed by atoms with Gasteiger partial charge in [-0.2, -0.15) is 11.8 Å². The number of anilines is 1. The number of thioether (sulfide) groups is 1. The SMILES string of the molecule is O=C(Nc1ccnc(Cl)c1)C1CSCCN1. The Kier molecular flexibility index (Phi) is 4.04. The number of rotatable bonds is 2. The van der Waals surface area contributed by atoms with Gasteiger partial charge in [0.2, 0.25) is 5.91 Å². The maximum atomic E-state index is 11.8. The lowest BCUT2D eigenvalue weighted by Crippen LogP contribution is -2.46. The predicted molar refractivity (Wildman–Crippen MR) is 67.0 cm³/mol. The van der Waals surface area contributed by atoms with Gasteiger partial charge in [0.05, 0.1) is 6.04 Å². The average Bonchev–Trinajstić information content (AvgIpc) is 2.30. The summed E-state index contributed by atoms with van der Waals surface area (Å²) in [7, 11) is 0. The molecule has 1 unspecified atom stereocenters. The van der Waals surface area contributed by atoms with Gasteiger partial charge in [-0.05, 0) is 12.1 Å². The highest BCUT2D eigenvalue weighted by Crippen LogP contribution is 2.14. The van der Waals surface area contributed by atoms with Crippen molar-refractivity contribution in [3.8, 4) is 0 Å². The van der Waals surface area contributed by atoms with Crippen LogP contribution in [0.25, 0.3) is 0 Å². The molecule has 1 saturated heterocycles. The van der Waals surface area contributed by atoms with Crippen molar-refractivity contribution in [2.45, 2.75) is 6.04 Å². The van der Waals surface area contributed by atoms with Crippen LogP contribution in [0, 0.1) is 0 Å². The number of carbonyl (C=O) groups excluding carboxylic acids is 1. The van der Waals surface area contributed by atoms with E-state index in [2.05, 4.69) is 15.6 Å². The van der Waals surface area contributed by atoms with Crippen LogP contribution in [0.3, 0.4) is 0 Å². The fourth-order valence-corrected chi connectivity index (χ4v) is 2.55. The van der Waals surface area contributed by atoms with Crippen molar-refractivity contribution in [3.05, 3.63) is 23.5 Å². The van der Waals surface area contributed by atoms with Crippen molar-refractivity contribution >= 4 is 35.0 Å². The minimum atomic E-state index is -0.120. The van der Waals surface area contributed by atoms with Crippen molar-refractivity contribution in [2.24, 2.45) is 0 Å². The normalized spacial score (nSPS) is 20.4. The highest BCUT2D eigenvalue weighted by Gasteiger charge is 2.20. The molecule has 0 bridgehead atoms. The van der Waals surface area contributed by atoms with Gasteiger partial charge in [0.15, 0.2) is 0 Å². The van der Waals surface area contributed by atoms with Gasteiger partial charge in [-0.25, -0.2) is 4.98 Å². The molecule has 6 heteroatoms. The summed E-state index contributed by atoms with van der Waals surface area (Å²) >= 11 is 7.52. The number of amides is 1. The molecule has 1 aliphatic rings. The quantitative estimate of drug-likeness (QED) is 0.786. The van der Waals surface area contributed by atoms with Gasteiger partial charge in [0.1, 0.15) is 5.15 Å². The van der Waals surface area contributed by atoms with E-state index in [4.69, 9.17) is 11.6 Å². The van der Waals surface area contributed by atoms with Crippen molar-refractivity contribution in [3.63, 3.8) is 0 Å². The number of pyridine rings is 1. The maximum absolute atomic E-state index is 11.8. The second kappa shape index (κ2) is 5.52. The number of nitrogens with zero attached hydrogens (tertiary/aromatic N) is 1. The zero-order valence-corrected chi connectivity index (χ0v) is 10.1. The van der Waals surface area contributed by atoms with Crippen LogP contribution < -0.4 is 10.6 Å². The lowest BCUT2D eigenvalue weighted by Gasteiger charge is -2.22. The molecule has 1 fully saturated rings. The molecule has 0 aliphatic carbocycles. The Morgan fingerprint density at radius 3 is 3.25 bits per heavy atom. The van der Waals surface area contributed by atoms with Crippen molar-refractivity contribution < 1.29 is 4.79 Å². The van der Waals surface area contributed by atoms with Crippen molar-refractivity contribution in [1.29, 1.82) is 0 Å². The number of carbonyl (C=O) groups is 1. The molecule has 1 atom stereocenters. The molecule has 1 amide bonds. The Hall–Kier alpha value is -0.780. The van der Waals surface area contributed by atoms with Crippen LogP contribution in [-0.2, 0) is 4.79 Å². The fraction of sp³-hybridized carbons (Fsp3) is 0.400. The van der Waals surface area contributed by atoms with E-state index in [0.29, 0.717) is 10.8 Å². The van der Waals surface area contributed by atoms with Gasteiger partial charge in [0, 0.05) is 29.9 Å². The Morgan fingerprint density at radius 1 is 1.69 bits per heavy atom. The first-order valence-corrected chi connectivity index (χ1v) is 6.52. The lowest BCUT2D eigenvalue weighted by molar-refractivity contribution is -0.117. The largest absolute Gasteiger partial charge is 0.325 e. The summed E-state index contributed by atoms with van der Waals surface area (Å²) in [6.45, 7) is 0.875. The first kappa shape index (κ1) is 11.7. The molecule has 0 saturated carbocycles. The van der Waals surface area contributed by atoms with E-state index in [1.165, 1.54) is 0 Å². The Morgan fingerprint density at radius 2 is 2.56 bits per heavy atom. The predicted octanol–water partition coefficient (Wildman–Crippen LogP) is 1.38. The minimum absolute atomic E-state index is 0.0190. The highest BCUT2D eigenvalue weighted by molar-refractivity contribution is 7.99. The summed E-state index contributed by atoms with van der Waals surface area (Å²) in [6.07, 6.45) is 1.57. The van der Waals surface area contributed by atoms with Crippen LogP contribution >= 0.6 is 23.4 Å². The molecule has 0 aromatic carbocycles. The third-order valence-electron chi connectivity index (χ3n) is 2.23. The van der Waals surface area contributed by atoms with E-state index in [-0.39, 0.29) is 11.9 Å². The van der Waals surface area contributed by atoms with Crippen molar-refractivity contribution in [2.75, 3.05) is 23.4 Å². The van der Waals surface area contributed by atoms with E-state index < -0.39 is 0 Å². The molecule has 2 rings (SSSR count). The lowest BCUT2D eigenvalue weighted by atomic mass is 10.3. The molecule has 86 valence electrons. The first-order valence-electron chi connectivity index (χ1n) is 4.99. The van der Waals surface area contributed by atoms with Gasteiger partial charge in [-0.1, -0.05) is 11.6 Å². The van der Waals surface area contributed by atoms with Gasteiger partial charge in [0.25, 0.3) is 0 Å². The van der Waals surface area contributed by atoms with E-state index in [1.54, 1.807) is 30.1 Å². The average molecular weight is 258 g/mol. The number of aromatic nitrogens is 1. The molecule has 2 N–H and O–H groups in total. The molecule has 0 spiro atoms. The van der Waals surface area contributed by atoms with Crippen LogP contribution in [0.4, 0.5) is 5.69 Å². The van der Waals surface area contributed by atoms with Crippen LogP contribution in [0.5, 0.6) is 0 Å². The van der Waals surface area contributed by atoms with Crippen LogP contribution in [0.15, 0.2) is 18.3 Å². The third-order valence-corrected chi connectivity index (χ3v) is 3.50. The van der Waals surface area contributed by atoms with Gasteiger partial charge < -0.3 is 10.6 Å². The molecule has 16 heavy (non-hydrogen) atoms. The van der Waals surface area contributed by atoms with Gasteiger partial charge in [-0.15, -0.1) is 0 Å². The highest BCUT2D eigenvalue weighted by atomic mass is 35.5. The smallest absolute Gasteiger partial charge is 0.242 e. The summed E-state index contributed by atoms with van der Waals surface area (Å²) in [4.78, 5) is 15.7.